The molecule has 1 heterocycles. The molecular weight excluding hydrogens is 232 g/mol. The molecule has 1 unspecified atom stereocenters. The molecule has 0 spiro atoms. The van der Waals surface area contributed by atoms with E-state index < -0.39 is 0 Å². The molecule has 2 atom stereocenters. The van der Waals surface area contributed by atoms with Crippen molar-refractivity contribution in [3.05, 3.63) is 29.8 Å². The average Bonchev–Trinajstić information content (AvgIpc) is 2.85. The fourth-order valence-corrected chi connectivity index (χ4v) is 2.12. The van der Waals surface area contributed by atoms with Gasteiger partial charge in [-0.05, 0) is 12.1 Å². The van der Waals surface area contributed by atoms with Crippen molar-refractivity contribution in [1.82, 2.24) is 10.6 Å². The molecule has 1 amide bonds. The van der Waals surface area contributed by atoms with Crippen molar-refractivity contribution >= 4 is 5.91 Å². The molecule has 2 rings (SSSR count). The van der Waals surface area contributed by atoms with E-state index in [-0.39, 0.29) is 18.1 Å². The van der Waals surface area contributed by atoms with E-state index in [1.807, 2.05) is 12.1 Å². The number of nitrogens with one attached hydrogen (secondary N) is 2. The molecule has 0 aromatic heterocycles. The monoisotopic (exact) mass is 250 g/mol. The smallest absolute Gasteiger partial charge is 0.255 e. The first-order valence-corrected chi connectivity index (χ1v) is 5.93. The van der Waals surface area contributed by atoms with E-state index in [1.165, 1.54) is 0 Å². The van der Waals surface area contributed by atoms with Crippen molar-refractivity contribution in [2.24, 2.45) is 0 Å². The summed E-state index contributed by atoms with van der Waals surface area (Å²) in [6, 6.07) is 7.17. The van der Waals surface area contributed by atoms with Crippen molar-refractivity contribution in [3.63, 3.8) is 0 Å². The van der Waals surface area contributed by atoms with Crippen LogP contribution < -0.4 is 15.4 Å². The van der Waals surface area contributed by atoms with Crippen LogP contribution in [0.4, 0.5) is 0 Å². The first kappa shape index (κ1) is 12.9. The minimum atomic E-state index is -0.136. The van der Waals surface area contributed by atoms with E-state index in [2.05, 4.69) is 10.6 Å². The third kappa shape index (κ3) is 2.63. The Kier molecular flexibility index (Phi) is 4.17. The fourth-order valence-electron chi connectivity index (χ4n) is 2.12. The van der Waals surface area contributed by atoms with Gasteiger partial charge in [0, 0.05) is 20.2 Å². The molecule has 5 nitrogen and oxygen atoms in total. The summed E-state index contributed by atoms with van der Waals surface area (Å²) in [6.07, 6.45) is 0.0173. The molecule has 18 heavy (non-hydrogen) atoms. The Hall–Kier alpha value is -1.59. The number of rotatable bonds is 4. The SMILES string of the molecule is COc1ccccc1C(=O)NC1CNC[C@H]1OC. The summed E-state index contributed by atoms with van der Waals surface area (Å²) < 4.78 is 10.5. The van der Waals surface area contributed by atoms with Crippen LogP contribution in [0, 0.1) is 0 Å². The highest BCUT2D eigenvalue weighted by atomic mass is 16.5. The van der Waals surface area contributed by atoms with Crippen LogP contribution in [-0.2, 0) is 4.74 Å². The number of hydrogen-bond acceptors (Lipinski definition) is 4. The number of carbonyl (C=O) groups excluding carboxylic acids is 1. The van der Waals surface area contributed by atoms with E-state index >= 15 is 0 Å². The minimum Gasteiger partial charge on any atom is -0.496 e. The first-order chi connectivity index (χ1) is 8.76. The predicted molar refractivity (Wildman–Crippen MR) is 67.9 cm³/mol. The van der Waals surface area contributed by atoms with E-state index in [9.17, 15) is 4.79 Å². The van der Waals surface area contributed by atoms with Gasteiger partial charge < -0.3 is 20.1 Å². The lowest BCUT2D eigenvalue weighted by Gasteiger charge is -2.19. The van der Waals surface area contributed by atoms with Crippen LogP contribution in [0.5, 0.6) is 5.75 Å². The number of methoxy groups -OCH3 is 2. The highest BCUT2D eigenvalue weighted by Gasteiger charge is 2.28. The van der Waals surface area contributed by atoms with Crippen LogP contribution in [0.3, 0.4) is 0 Å². The van der Waals surface area contributed by atoms with Gasteiger partial charge in [-0.2, -0.15) is 0 Å². The van der Waals surface area contributed by atoms with Gasteiger partial charge in [-0.1, -0.05) is 12.1 Å². The molecule has 0 saturated carbocycles. The third-order valence-electron chi connectivity index (χ3n) is 3.13. The standard InChI is InChI=1S/C13H18N2O3/c1-17-11-6-4-3-5-9(11)13(16)15-10-7-14-8-12(10)18-2/h3-6,10,12,14H,7-8H2,1-2H3,(H,15,16)/t10?,12-/m1/s1. The summed E-state index contributed by atoms with van der Waals surface area (Å²) in [7, 11) is 3.21. The van der Waals surface area contributed by atoms with Gasteiger partial charge in [0.1, 0.15) is 5.75 Å². The number of para-hydroxylation sites is 1. The Balaban J connectivity index is 2.07. The van der Waals surface area contributed by atoms with Crippen molar-refractivity contribution in [2.45, 2.75) is 12.1 Å². The lowest BCUT2D eigenvalue weighted by Crippen LogP contribution is -2.43. The molecule has 1 aliphatic rings. The summed E-state index contributed by atoms with van der Waals surface area (Å²) in [5, 5.41) is 6.15. The molecule has 98 valence electrons. The summed E-state index contributed by atoms with van der Waals surface area (Å²) in [5.74, 6) is 0.443. The van der Waals surface area contributed by atoms with Crippen LogP contribution in [0.2, 0.25) is 0 Å². The molecule has 1 aromatic rings. The van der Waals surface area contributed by atoms with Gasteiger partial charge in [0.2, 0.25) is 0 Å². The Morgan fingerprint density at radius 3 is 2.83 bits per heavy atom. The molecule has 0 radical (unpaired) electrons. The molecular formula is C13H18N2O3. The average molecular weight is 250 g/mol. The van der Waals surface area contributed by atoms with Gasteiger partial charge in [-0.15, -0.1) is 0 Å². The lowest BCUT2D eigenvalue weighted by molar-refractivity contribution is 0.0778. The van der Waals surface area contributed by atoms with E-state index in [0.717, 1.165) is 13.1 Å². The summed E-state index contributed by atoms with van der Waals surface area (Å²) >= 11 is 0. The second kappa shape index (κ2) is 5.84. The minimum absolute atomic E-state index is 0.00703. The normalized spacial score (nSPS) is 22.8. The van der Waals surface area contributed by atoms with Gasteiger partial charge in [-0.25, -0.2) is 0 Å². The summed E-state index contributed by atoms with van der Waals surface area (Å²) in [5.41, 5.74) is 0.543. The van der Waals surface area contributed by atoms with Crippen molar-refractivity contribution < 1.29 is 14.3 Å². The second-order valence-corrected chi connectivity index (χ2v) is 4.21. The zero-order valence-electron chi connectivity index (χ0n) is 10.6. The van der Waals surface area contributed by atoms with E-state index in [0.29, 0.717) is 11.3 Å². The molecule has 1 saturated heterocycles. The van der Waals surface area contributed by atoms with Gasteiger partial charge in [-0.3, -0.25) is 4.79 Å². The zero-order valence-corrected chi connectivity index (χ0v) is 10.6. The van der Waals surface area contributed by atoms with Crippen molar-refractivity contribution in [2.75, 3.05) is 27.3 Å². The quantitative estimate of drug-likeness (QED) is 0.812. The number of amides is 1. The summed E-state index contributed by atoms with van der Waals surface area (Å²) in [6.45, 7) is 1.48. The van der Waals surface area contributed by atoms with Crippen LogP contribution in [0.1, 0.15) is 10.4 Å². The van der Waals surface area contributed by atoms with Crippen molar-refractivity contribution in [3.8, 4) is 5.75 Å². The van der Waals surface area contributed by atoms with Gasteiger partial charge in [0.25, 0.3) is 5.91 Å². The maximum atomic E-state index is 12.2. The number of ether oxygens (including phenoxy) is 2. The molecule has 1 aromatic carbocycles. The molecule has 0 bridgehead atoms. The molecule has 1 fully saturated rings. The highest BCUT2D eigenvalue weighted by Crippen LogP contribution is 2.17. The Morgan fingerprint density at radius 2 is 2.11 bits per heavy atom. The molecule has 0 aliphatic carbocycles. The maximum Gasteiger partial charge on any atom is 0.255 e. The number of benzene rings is 1. The topological polar surface area (TPSA) is 59.6 Å². The third-order valence-corrected chi connectivity index (χ3v) is 3.13. The Labute approximate surface area is 106 Å². The first-order valence-electron chi connectivity index (χ1n) is 5.93. The Morgan fingerprint density at radius 1 is 1.33 bits per heavy atom. The second-order valence-electron chi connectivity index (χ2n) is 4.21. The molecule has 5 heteroatoms. The largest absolute Gasteiger partial charge is 0.496 e. The van der Waals surface area contributed by atoms with Gasteiger partial charge >= 0.3 is 0 Å². The van der Waals surface area contributed by atoms with E-state index in [4.69, 9.17) is 9.47 Å². The molecule has 1 aliphatic heterocycles. The van der Waals surface area contributed by atoms with E-state index in [1.54, 1.807) is 26.4 Å². The fraction of sp³-hybridized carbons (Fsp3) is 0.462. The maximum absolute atomic E-state index is 12.2. The number of carbonyl (C=O) groups is 1. The molecule has 2 N–H and O–H groups in total. The highest BCUT2D eigenvalue weighted by molar-refractivity contribution is 5.97. The lowest BCUT2D eigenvalue weighted by atomic mass is 10.1. The Bertz CT molecular complexity index is 422. The van der Waals surface area contributed by atoms with Crippen LogP contribution in [-0.4, -0.2) is 45.4 Å². The van der Waals surface area contributed by atoms with Gasteiger partial charge in [0.05, 0.1) is 24.8 Å². The predicted octanol–water partition coefficient (Wildman–Crippen LogP) is 0.412. The number of hydrogen-bond donors (Lipinski definition) is 2. The zero-order chi connectivity index (χ0) is 13.0. The van der Waals surface area contributed by atoms with Crippen LogP contribution in [0.15, 0.2) is 24.3 Å². The van der Waals surface area contributed by atoms with Gasteiger partial charge in [0.15, 0.2) is 0 Å². The summed E-state index contributed by atoms with van der Waals surface area (Å²) in [4.78, 5) is 12.2. The van der Waals surface area contributed by atoms with Crippen LogP contribution in [0.25, 0.3) is 0 Å². The van der Waals surface area contributed by atoms with Crippen LogP contribution >= 0.6 is 0 Å². The van der Waals surface area contributed by atoms with Crippen molar-refractivity contribution in [1.29, 1.82) is 0 Å².